The van der Waals surface area contributed by atoms with Crippen LogP contribution in [-0.2, 0) is 0 Å². The highest BCUT2D eigenvalue weighted by Gasteiger charge is 2.36. The molecular weight excluding hydrogens is 401 g/mol. The number of phenolic OH excluding ortho intramolecular Hbond substituents is 2. The molecule has 3 aromatic rings. The monoisotopic (exact) mass is 419 g/mol. The summed E-state index contributed by atoms with van der Waals surface area (Å²) in [5, 5.41) is 30.4. The zero-order chi connectivity index (χ0) is 20.9. The average molecular weight is 420 g/mol. The molecule has 1 fully saturated rings. The van der Waals surface area contributed by atoms with E-state index in [4.69, 9.17) is 16.0 Å². The maximum Gasteiger partial charge on any atom is 0.197 e. The Bertz CT molecular complexity index is 1160. The van der Waals surface area contributed by atoms with E-state index in [9.17, 15) is 24.5 Å². The molecule has 1 aliphatic rings. The summed E-state index contributed by atoms with van der Waals surface area (Å²) in [6.07, 6.45) is 0.615. The van der Waals surface area contributed by atoms with Gasteiger partial charge in [0.15, 0.2) is 5.43 Å². The summed E-state index contributed by atoms with van der Waals surface area (Å²) in [7, 11) is 1.86. The molecule has 1 saturated heterocycles. The van der Waals surface area contributed by atoms with E-state index >= 15 is 0 Å². The number of nitrogens with zero attached hydrogens (tertiary/aromatic N) is 1. The van der Waals surface area contributed by atoms with Crippen LogP contribution in [0, 0.1) is 5.82 Å². The van der Waals surface area contributed by atoms with Crippen molar-refractivity contribution in [1.82, 2.24) is 4.90 Å². The highest BCUT2D eigenvalue weighted by Crippen LogP contribution is 2.44. The molecule has 152 valence electrons. The fourth-order valence-corrected chi connectivity index (χ4v) is 4.34. The van der Waals surface area contributed by atoms with Crippen molar-refractivity contribution >= 4 is 22.6 Å². The molecule has 1 aromatic heterocycles. The van der Waals surface area contributed by atoms with Gasteiger partial charge in [-0.2, -0.15) is 0 Å². The lowest BCUT2D eigenvalue weighted by atomic mass is 9.89. The van der Waals surface area contributed by atoms with Crippen molar-refractivity contribution in [2.24, 2.45) is 0 Å². The third-order valence-electron chi connectivity index (χ3n) is 5.60. The molecule has 2 atom stereocenters. The molecule has 0 saturated carbocycles. The second-order valence-corrected chi connectivity index (χ2v) is 7.61. The molecule has 1 aliphatic heterocycles. The van der Waals surface area contributed by atoms with Gasteiger partial charge < -0.3 is 24.6 Å². The van der Waals surface area contributed by atoms with E-state index in [1.54, 1.807) is 0 Å². The van der Waals surface area contributed by atoms with Crippen LogP contribution in [0.5, 0.6) is 11.5 Å². The van der Waals surface area contributed by atoms with Crippen molar-refractivity contribution < 1.29 is 24.1 Å². The topological polar surface area (TPSA) is 94.1 Å². The molecule has 6 nitrogen and oxygen atoms in total. The van der Waals surface area contributed by atoms with Gasteiger partial charge >= 0.3 is 0 Å². The van der Waals surface area contributed by atoms with Gasteiger partial charge in [-0.25, -0.2) is 4.39 Å². The Morgan fingerprint density at radius 2 is 2.03 bits per heavy atom. The van der Waals surface area contributed by atoms with Crippen molar-refractivity contribution in [3.05, 3.63) is 57.0 Å². The highest BCUT2D eigenvalue weighted by molar-refractivity contribution is 6.33. The predicted molar refractivity (Wildman–Crippen MR) is 107 cm³/mol. The van der Waals surface area contributed by atoms with Crippen molar-refractivity contribution in [1.29, 1.82) is 0 Å². The Balaban J connectivity index is 2.03. The third kappa shape index (κ3) is 3.15. The van der Waals surface area contributed by atoms with Crippen molar-refractivity contribution in [2.75, 3.05) is 20.2 Å². The summed E-state index contributed by atoms with van der Waals surface area (Å²) in [6, 6.07) is 6.09. The Labute approximate surface area is 170 Å². The number of rotatable bonds is 3. The summed E-state index contributed by atoms with van der Waals surface area (Å²) < 4.78 is 19.8. The summed E-state index contributed by atoms with van der Waals surface area (Å²) >= 11 is 6.05. The zero-order valence-corrected chi connectivity index (χ0v) is 16.3. The minimum atomic E-state index is -0.663. The molecule has 2 heterocycles. The Hall–Kier alpha value is -2.61. The summed E-state index contributed by atoms with van der Waals surface area (Å²) in [4.78, 5) is 14.7. The minimum Gasteiger partial charge on any atom is -0.507 e. The van der Waals surface area contributed by atoms with E-state index in [1.807, 2.05) is 11.9 Å². The van der Waals surface area contributed by atoms with Crippen LogP contribution >= 0.6 is 11.6 Å². The molecule has 4 rings (SSSR count). The first-order chi connectivity index (χ1) is 13.8. The largest absolute Gasteiger partial charge is 0.507 e. The molecule has 0 unspecified atom stereocenters. The maximum atomic E-state index is 13.9. The van der Waals surface area contributed by atoms with Crippen LogP contribution in [0.25, 0.3) is 22.3 Å². The first-order valence-electron chi connectivity index (χ1n) is 9.11. The van der Waals surface area contributed by atoms with Crippen LogP contribution < -0.4 is 5.43 Å². The number of fused-ring (bicyclic) bond motifs is 1. The Morgan fingerprint density at radius 3 is 2.76 bits per heavy atom. The van der Waals surface area contributed by atoms with Crippen LogP contribution in [0.2, 0.25) is 5.02 Å². The SMILES string of the molecule is CN1CC[C@H](c2c(O)cc(O)c3c(=O)cc(-c4cccc(F)c4Cl)oc23)[C@H]1CO. The summed E-state index contributed by atoms with van der Waals surface area (Å²) in [5.74, 6) is -1.62. The number of aliphatic hydroxyl groups excluding tert-OH is 1. The number of aromatic hydroxyl groups is 2. The molecular formula is C21H19ClFNO5. The van der Waals surface area contributed by atoms with E-state index in [0.717, 1.165) is 12.1 Å². The number of likely N-dealkylation sites (N-methyl/N-ethyl adjacent to an activating group) is 1. The van der Waals surface area contributed by atoms with Gasteiger partial charge in [0.05, 0.1) is 11.6 Å². The Kier molecular flexibility index (Phi) is 4.98. The lowest BCUT2D eigenvalue weighted by Crippen LogP contribution is -2.32. The number of hydrogen-bond acceptors (Lipinski definition) is 6. The normalized spacial score (nSPS) is 19.9. The lowest BCUT2D eigenvalue weighted by molar-refractivity contribution is 0.172. The van der Waals surface area contributed by atoms with Gasteiger partial charge in [0.1, 0.15) is 34.0 Å². The summed E-state index contributed by atoms with van der Waals surface area (Å²) in [6.45, 7) is 0.528. The van der Waals surface area contributed by atoms with E-state index in [2.05, 4.69) is 0 Å². The van der Waals surface area contributed by atoms with E-state index in [0.29, 0.717) is 18.5 Å². The standard InChI is InChI=1S/C21H19ClFNO5/c1-24-6-5-10(13(24)9-25)18-14(26)7-15(27)19-16(28)8-17(29-21(18)19)11-3-2-4-12(23)20(11)22/h2-4,7-8,10,13,25-27H,5-6,9H2,1H3/t10-,13+/m0/s1. The number of hydrogen-bond donors (Lipinski definition) is 3. The van der Waals surface area contributed by atoms with Crippen LogP contribution in [-0.4, -0.2) is 46.5 Å². The molecule has 0 bridgehead atoms. The minimum absolute atomic E-state index is 0.00378. The highest BCUT2D eigenvalue weighted by atomic mass is 35.5. The van der Waals surface area contributed by atoms with Gasteiger partial charge in [0.25, 0.3) is 0 Å². The van der Waals surface area contributed by atoms with Crippen molar-refractivity contribution in [3.63, 3.8) is 0 Å². The van der Waals surface area contributed by atoms with Crippen LogP contribution in [0.15, 0.2) is 39.5 Å². The maximum absolute atomic E-state index is 13.9. The van der Waals surface area contributed by atoms with E-state index in [-0.39, 0.29) is 51.6 Å². The Morgan fingerprint density at radius 1 is 1.28 bits per heavy atom. The van der Waals surface area contributed by atoms with Gasteiger partial charge in [0, 0.05) is 35.2 Å². The van der Waals surface area contributed by atoms with E-state index in [1.165, 1.54) is 18.2 Å². The number of likely N-dealkylation sites (tertiary alicyclic amines) is 1. The molecule has 0 radical (unpaired) electrons. The zero-order valence-electron chi connectivity index (χ0n) is 15.5. The van der Waals surface area contributed by atoms with Gasteiger partial charge in [0.2, 0.25) is 0 Å². The van der Waals surface area contributed by atoms with Gasteiger partial charge in [-0.15, -0.1) is 0 Å². The quantitative estimate of drug-likeness (QED) is 0.602. The third-order valence-corrected chi connectivity index (χ3v) is 5.98. The molecule has 29 heavy (non-hydrogen) atoms. The summed E-state index contributed by atoms with van der Waals surface area (Å²) in [5.41, 5.74) is -0.0364. The van der Waals surface area contributed by atoms with Gasteiger partial charge in [-0.1, -0.05) is 17.7 Å². The first-order valence-corrected chi connectivity index (χ1v) is 9.49. The van der Waals surface area contributed by atoms with Crippen LogP contribution in [0.4, 0.5) is 4.39 Å². The molecule has 0 aliphatic carbocycles. The van der Waals surface area contributed by atoms with Crippen LogP contribution in [0.1, 0.15) is 17.9 Å². The van der Waals surface area contributed by atoms with E-state index < -0.39 is 17.0 Å². The number of halogens is 2. The fourth-order valence-electron chi connectivity index (χ4n) is 4.12. The fraction of sp³-hybridized carbons (Fsp3) is 0.286. The molecule has 8 heteroatoms. The van der Waals surface area contributed by atoms with Crippen molar-refractivity contribution in [3.8, 4) is 22.8 Å². The smallest absolute Gasteiger partial charge is 0.197 e. The number of aliphatic hydroxyl groups is 1. The molecule has 0 spiro atoms. The molecule has 2 aromatic carbocycles. The van der Waals surface area contributed by atoms with Gasteiger partial charge in [-0.05, 0) is 32.1 Å². The second kappa shape index (κ2) is 7.33. The molecule has 3 N–H and O–H groups in total. The molecule has 0 amide bonds. The van der Waals surface area contributed by atoms with Crippen molar-refractivity contribution in [2.45, 2.75) is 18.4 Å². The lowest BCUT2D eigenvalue weighted by Gasteiger charge is -2.24. The van der Waals surface area contributed by atoms with Crippen LogP contribution in [0.3, 0.4) is 0 Å². The first kappa shape index (κ1) is 19.7. The van der Waals surface area contributed by atoms with Gasteiger partial charge in [-0.3, -0.25) is 4.79 Å². The number of phenols is 2. The average Bonchev–Trinajstić information content (AvgIpc) is 3.03. The number of benzene rings is 2. The predicted octanol–water partition coefficient (Wildman–Crippen LogP) is 3.44. The second-order valence-electron chi connectivity index (χ2n) is 7.23.